The average Bonchev–Trinajstić information content (AvgIpc) is 2.13. The second kappa shape index (κ2) is 4.74. The van der Waals surface area contributed by atoms with Gasteiger partial charge in [-0.05, 0) is 18.2 Å². The van der Waals surface area contributed by atoms with Crippen molar-refractivity contribution in [3.05, 3.63) is 24.0 Å². The summed E-state index contributed by atoms with van der Waals surface area (Å²) in [6.45, 7) is 0. The Hall–Kier alpha value is -1.33. The molecule has 1 aromatic carbocycles. The fraction of sp³-hybridized carbons (Fsp3) is 0.143. The summed E-state index contributed by atoms with van der Waals surface area (Å²) in [4.78, 5) is -0.741. The van der Waals surface area contributed by atoms with Crippen molar-refractivity contribution in [2.75, 3.05) is 4.72 Å². The molecule has 102 valence electrons. The largest absolute Gasteiger partial charge is 0.355 e. The molecule has 0 aliphatic carbocycles. The number of nitrogens with one attached hydrogen (secondary N) is 1. The standard InChI is InChI=1S/C7H7F3N2O4S2/c8-4-1-5(12-18(15,16)7(9)10)3-6(2-4)17(11,13)14/h1-3,7,12H,(H2,11,13,14). The number of nitrogens with two attached hydrogens (primary N) is 1. The van der Waals surface area contributed by atoms with Gasteiger partial charge in [0.05, 0.1) is 10.6 Å². The van der Waals surface area contributed by atoms with E-state index in [1.165, 1.54) is 4.72 Å². The first-order valence-corrected chi connectivity index (χ1v) is 7.25. The lowest BCUT2D eigenvalue weighted by Gasteiger charge is -2.08. The summed E-state index contributed by atoms with van der Waals surface area (Å²) >= 11 is 0. The predicted molar refractivity (Wildman–Crippen MR) is 56.3 cm³/mol. The highest BCUT2D eigenvalue weighted by atomic mass is 32.2. The zero-order chi connectivity index (χ0) is 14.1. The van der Waals surface area contributed by atoms with Crippen molar-refractivity contribution in [1.29, 1.82) is 0 Å². The number of benzene rings is 1. The summed E-state index contributed by atoms with van der Waals surface area (Å²) in [5.41, 5.74) is -0.667. The number of halogens is 3. The van der Waals surface area contributed by atoms with Crippen molar-refractivity contribution in [2.45, 2.75) is 10.7 Å². The molecule has 18 heavy (non-hydrogen) atoms. The molecule has 0 aliphatic heterocycles. The van der Waals surface area contributed by atoms with Crippen LogP contribution in [0.1, 0.15) is 0 Å². The van der Waals surface area contributed by atoms with Crippen molar-refractivity contribution in [3.8, 4) is 0 Å². The van der Waals surface area contributed by atoms with Gasteiger partial charge in [-0.2, -0.15) is 8.78 Å². The number of anilines is 1. The minimum Gasteiger partial charge on any atom is -0.279 e. The smallest absolute Gasteiger partial charge is 0.279 e. The first-order valence-electron chi connectivity index (χ1n) is 4.15. The van der Waals surface area contributed by atoms with E-state index in [1.807, 2.05) is 0 Å². The molecule has 0 fully saturated rings. The molecule has 0 aliphatic rings. The van der Waals surface area contributed by atoms with Crippen LogP contribution in [0.2, 0.25) is 0 Å². The van der Waals surface area contributed by atoms with Crippen molar-refractivity contribution in [3.63, 3.8) is 0 Å². The van der Waals surface area contributed by atoms with Crippen LogP contribution >= 0.6 is 0 Å². The fourth-order valence-electron chi connectivity index (χ4n) is 0.995. The summed E-state index contributed by atoms with van der Waals surface area (Å²) in [5.74, 6) is -4.88. The van der Waals surface area contributed by atoms with E-state index in [4.69, 9.17) is 5.14 Å². The highest BCUT2D eigenvalue weighted by Gasteiger charge is 2.24. The fourth-order valence-corrected chi connectivity index (χ4v) is 2.10. The van der Waals surface area contributed by atoms with Gasteiger partial charge < -0.3 is 0 Å². The molecule has 1 aromatic rings. The van der Waals surface area contributed by atoms with Crippen LogP contribution in [0.4, 0.5) is 18.9 Å². The van der Waals surface area contributed by atoms with E-state index in [0.717, 1.165) is 0 Å². The Morgan fingerprint density at radius 2 is 1.67 bits per heavy atom. The summed E-state index contributed by atoms with van der Waals surface area (Å²) in [6.07, 6.45) is 0. The summed E-state index contributed by atoms with van der Waals surface area (Å²) in [5, 5.41) is 4.70. The average molecular weight is 304 g/mol. The lowest BCUT2D eigenvalue weighted by Crippen LogP contribution is -2.21. The monoisotopic (exact) mass is 304 g/mol. The third-order valence-electron chi connectivity index (χ3n) is 1.69. The summed E-state index contributed by atoms with van der Waals surface area (Å²) in [7, 11) is -9.30. The molecule has 0 heterocycles. The maximum Gasteiger partial charge on any atom is 0.355 e. The number of primary sulfonamides is 1. The number of hydrogen-bond donors (Lipinski definition) is 2. The molecule has 0 bridgehead atoms. The van der Waals surface area contributed by atoms with E-state index in [9.17, 15) is 30.0 Å². The van der Waals surface area contributed by atoms with Crippen LogP contribution in [-0.4, -0.2) is 22.6 Å². The Kier molecular flexibility index (Phi) is 3.88. The normalized spacial score (nSPS) is 12.7. The quantitative estimate of drug-likeness (QED) is 0.841. The second-order valence-corrected chi connectivity index (χ2v) is 6.34. The van der Waals surface area contributed by atoms with E-state index >= 15 is 0 Å². The van der Waals surface area contributed by atoms with E-state index in [-0.39, 0.29) is 0 Å². The molecule has 1 rings (SSSR count). The van der Waals surface area contributed by atoms with E-state index in [1.54, 1.807) is 0 Å². The van der Waals surface area contributed by atoms with E-state index < -0.39 is 42.2 Å². The van der Waals surface area contributed by atoms with Crippen LogP contribution in [0, 0.1) is 5.82 Å². The molecular formula is C7H7F3N2O4S2. The Bertz CT molecular complexity index is 657. The van der Waals surface area contributed by atoms with Gasteiger partial charge >= 0.3 is 5.76 Å². The van der Waals surface area contributed by atoms with Gasteiger partial charge in [0.1, 0.15) is 5.82 Å². The van der Waals surface area contributed by atoms with Gasteiger partial charge in [0.15, 0.2) is 0 Å². The maximum atomic E-state index is 13.0. The third kappa shape index (κ3) is 3.58. The van der Waals surface area contributed by atoms with Gasteiger partial charge in [-0.1, -0.05) is 0 Å². The van der Waals surface area contributed by atoms with Crippen molar-refractivity contribution < 1.29 is 30.0 Å². The van der Waals surface area contributed by atoms with E-state index in [2.05, 4.69) is 0 Å². The minimum absolute atomic E-state index is 0.523. The maximum absolute atomic E-state index is 13.0. The molecule has 11 heteroatoms. The molecule has 3 N–H and O–H groups in total. The lowest BCUT2D eigenvalue weighted by atomic mass is 10.3. The highest BCUT2D eigenvalue weighted by molar-refractivity contribution is 7.93. The van der Waals surface area contributed by atoms with E-state index in [0.29, 0.717) is 18.2 Å². The molecule has 0 spiro atoms. The van der Waals surface area contributed by atoms with Gasteiger partial charge in [0, 0.05) is 0 Å². The molecule has 0 atom stereocenters. The van der Waals surface area contributed by atoms with Crippen molar-refractivity contribution >= 4 is 25.7 Å². The molecule has 0 unspecified atom stereocenters. The van der Waals surface area contributed by atoms with Gasteiger partial charge in [-0.3, -0.25) is 4.72 Å². The van der Waals surface area contributed by atoms with Gasteiger partial charge in [0.25, 0.3) is 10.0 Å². The van der Waals surface area contributed by atoms with Crippen molar-refractivity contribution in [1.82, 2.24) is 0 Å². The zero-order valence-corrected chi connectivity index (χ0v) is 10.1. The van der Waals surface area contributed by atoms with Crippen molar-refractivity contribution in [2.24, 2.45) is 5.14 Å². The van der Waals surface area contributed by atoms with Crippen LogP contribution in [0.25, 0.3) is 0 Å². The molecule has 0 saturated carbocycles. The Morgan fingerprint density at radius 3 is 2.11 bits per heavy atom. The number of alkyl halides is 2. The number of hydrogen-bond acceptors (Lipinski definition) is 4. The first-order chi connectivity index (χ1) is 8.02. The van der Waals surface area contributed by atoms with Gasteiger partial charge in [-0.25, -0.2) is 26.4 Å². The van der Waals surface area contributed by atoms with Crippen LogP contribution in [0.3, 0.4) is 0 Å². The molecular weight excluding hydrogens is 297 g/mol. The van der Waals surface area contributed by atoms with Gasteiger partial charge in [0.2, 0.25) is 10.0 Å². The second-order valence-electron chi connectivity index (χ2n) is 3.13. The summed E-state index contributed by atoms with van der Waals surface area (Å²) in [6, 6.07) is 1.68. The Morgan fingerprint density at radius 1 is 1.11 bits per heavy atom. The molecule has 0 radical (unpaired) electrons. The van der Waals surface area contributed by atoms with Gasteiger partial charge in [-0.15, -0.1) is 0 Å². The molecule has 0 saturated heterocycles. The third-order valence-corrected chi connectivity index (χ3v) is 3.58. The number of sulfonamides is 2. The van der Waals surface area contributed by atoms with Crippen LogP contribution < -0.4 is 9.86 Å². The lowest BCUT2D eigenvalue weighted by molar-refractivity contribution is 0.236. The van der Waals surface area contributed by atoms with Crippen LogP contribution in [0.15, 0.2) is 23.1 Å². The Labute approximate surface area is 101 Å². The molecule has 6 nitrogen and oxygen atoms in total. The summed E-state index contributed by atoms with van der Waals surface area (Å²) < 4.78 is 81.9. The highest BCUT2D eigenvalue weighted by Crippen LogP contribution is 2.19. The first kappa shape index (κ1) is 14.7. The predicted octanol–water partition coefficient (Wildman–Crippen LogP) is 0.437. The number of rotatable bonds is 4. The SMILES string of the molecule is NS(=O)(=O)c1cc(F)cc(NS(=O)(=O)C(F)F)c1. The Balaban J connectivity index is 3.25. The van der Waals surface area contributed by atoms with Crippen LogP contribution in [0.5, 0.6) is 0 Å². The minimum atomic E-state index is -5.02. The molecule has 0 aromatic heterocycles. The van der Waals surface area contributed by atoms with Crippen LogP contribution in [-0.2, 0) is 20.0 Å². The zero-order valence-electron chi connectivity index (χ0n) is 8.47. The topological polar surface area (TPSA) is 106 Å². The molecule has 0 amide bonds.